The highest BCUT2D eigenvalue weighted by atomic mass is 16.3. The van der Waals surface area contributed by atoms with Gasteiger partial charge in [-0.2, -0.15) is 0 Å². The van der Waals surface area contributed by atoms with E-state index in [-0.39, 0.29) is 6.71 Å². The Morgan fingerprint density at radius 1 is 0.289 bits per heavy atom. The maximum Gasteiger partial charge on any atom is 0.252 e. The summed E-state index contributed by atoms with van der Waals surface area (Å²) >= 11 is 0. The zero-order chi connectivity index (χ0) is 54.9. The molecule has 83 heavy (non-hydrogen) atoms. The SMILES string of the molecule is Cc1ccccc1N1c2cc3c(cc2B2c4cc5oc6c7ccc(N(c8ccccc8)c8ccccc8)cc7ccc6c5cc4N(c4ccccc4C)c4cccc1c42)oc1c2ccc(N(c4ccccc4)c4ccccc4)cc2ccc31. The molecule has 390 valence electrons. The minimum absolute atomic E-state index is 0.176. The first-order chi connectivity index (χ1) is 41.0. The zero-order valence-electron chi connectivity index (χ0n) is 45.7. The van der Waals surface area contributed by atoms with Crippen LogP contribution < -0.4 is 36.0 Å². The van der Waals surface area contributed by atoms with E-state index >= 15 is 0 Å². The average molecular weight is 1060 g/mol. The van der Waals surface area contributed by atoms with Crippen LogP contribution in [0.3, 0.4) is 0 Å². The molecule has 0 N–H and O–H groups in total. The van der Waals surface area contributed by atoms with Crippen molar-refractivity contribution in [3.05, 3.63) is 284 Å². The van der Waals surface area contributed by atoms with Gasteiger partial charge in [-0.05, 0) is 198 Å². The molecule has 15 aromatic rings. The van der Waals surface area contributed by atoms with Crippen LogP contribution in [0.4, 0.5) is 68.2 Å². The summed E-state index contributed by atoms with van der Waals surface area (Å²) in [4.78, 5) is 9.64. The van der Waals surface area contributed by atoms with Crippen LogP contribution in [-0.4, -0.2) is 6.71 Å². The van der Waals surface area contributed by atoms with Crippen molar-refractivity contribution in [3.8, 4) is 0 Å². The van der Waals surface area contributed by atoms with Crippen molar-refractivity contribution in [2.75, 3.05) is 19.6 Å². The summed E-state index contributed by atoms with van der Waals surface area (Å²) in [6, 6.07) is 98.8. The van der Waals surface area contributed by atoms with Crippen molar-refractivity contribution < 1.29 is 8.83 Å². The molecule has 0 bridgehead atoms. The molecule has 0 radical (unpaired) electrons. The van der Waals surface area contributed by atoms with E-state index in [0.29, 0.717) is 0 Å². The lowest BCUT2D eigenvalue weighted by Gasteiger charge is -2.44. The van der Waals surface area contributed by atoms with Crippen molar-refractivity contribution in [1.82, 2.24) is 0 Å². The number of anilines is 12. The molecule has 0 aliphatic carbocycles. The minimum Gasteiger partial charge on any atom is -0.455 e. The predicted molar refractivity (Wildman–Crippen MR) is 349 cm³/mol. The fourth-order valence-electron chi connectivity index (χ4n) is 13.6. The summed E-state index contributed by atoms with van der Waals surface area (Å²) in [5, 5.41) is 8.68. The van der Waals surface area contributed by atoms with Crippen LogP contribution in [-0.2, 0) is 0 Å². The highest BCUT2D eigenvalue weighted by Crippen LogP contribution is 2.49. The van der Waals surface area contributed by atoms with Crippen LogP contribution in [0, 0.1) is 13.8 Å². The number of furan rings is 2. The lowest BCUT2D eigenvalue weighted by atomic mass is 9.33. The molecule has 0 atom stereocenters. The Hall–Kier alpha value is -10.8. The first-order valence-electron chi connectivity index (χ1n) is 28.5. The number of nitrogens with zero attached hydrogens (tertiary/aromatic N) is 4. The summed E-state index contributed by atoms with van der Waals surface area (Å²) in [5.74, 6) is 0. The fourth-order valence-corrected chi connectivity index (χ4v) is 13.6. The lowest BCUT2D eigenvalue weighted by Crippen LogP contribution is -2.61. The van der Waals surface area contributed by atoms with E-state index in [1.54, 1.807) is 0 Å². The molecule has 0 amide bonds. The molecular weight excluding hydrogens is 1010 g/mol. The molecule has 7 heteroatoms. The van der Waals surface area contributed by atoms with Gasteiger partial charge in [0.25, 0.3) is 6.71 Å². The van der Waals surface area contributed by atoms with E-state index in [1.165, 1.54) is 27.5 Å². The standard InChI is InChI=1S/C76H51BN4O2/c1-48-20-15-17-30-66(48)80-68-32-19-33-69-74(68)77(64-46-72-62(44-70(64)80)60-38-34-50-42-56(36-40-58(50)75(60)82-72)78(52-22-7-3-8-23-52)53-24-9-4-10-25-53)65-47-73-63(45-71(65)81(69)67-31-18-16-21-49(67)2)61-39-35-51-43-57(37-41-59(51)76(61)83-73)79(54-26-11-5-12-27-54)55-28-13-6-14-29-55/h3-47H,1-2H3. The highest BCUT2D eigenvalue weighted by Gasteiger charge is 2.44. The van der Waals surface area contributed by atoms with E-state index in [4.69, 9.17) is 8.83 Å². The Labute approximate surface area is 480 Å². The van der Waals surface area contributed by atoms with Crippen LogP contribution >= 0.6 is 0 Å². The number of para-hydroxylation sites is 6. The lowest BCUT2D eigenvalue weighted by molar-refractivity contribution is 0.673. The first-order valence-corrected chi connectivity index (χ1v) is 28.5. The monoisotopic (exact) mass is 1060 g/mol. The van der Waals surface area contributed by atoms with Crippen LogP contribution in [0.25, 0.3) is 65.4 Å². The van der Waals surface area contributed by atoms with Gasteiger partial charge in [-0.3, -0.25) is 0 Å². The second-order valence-corrected chi connectivity index (χ2v) is 22.1. The van der Waals surface area contributed by atoms with Crippen molar-refractivity contribution in [1.29, 1.82) is 0 Å². The molecule has 2 aromatic heterocycles. The summed E-state index contributed by atoms with van der Waals surface area (Å²) in [6.07, 6.45) is 0. The molecule has 17 rings (SSSR count). The van der Waals surface area contributed by atoms with Gasteiger partial charge in [0.1, 0.15) is 22.3 Å². The second-order valence-electron chi connectivity index (χ2n) is 22.1. The third-order valence-electron chi connectivity index (χ3n) is 17.4. The molecule has 4 heterocycles. The van der Waals surface area contributed by atoms with Crippen LogP contribution in [0.5, 0.6) is 0 Å². The molecule has 0 spiro atoms. The molecule has 6 nitrogen and oxygen atoms in total. The van der Waals surface area contributed by atoms with Gasteiger partial charge in [0.2, 0.25) is 0 Å². The van der Waals surface area contributed by atoms with Crippen LogP contribution in [0.15, 0.2) is 282 Å². The Kier molecular flexibility index (Phi) is 10.4. The number of hydrogen-bond donors (Lipinski definition) is 0. The molecule has 0 saturated heterocycles. The summed E-state index contributed by atoms with van der Waals surface area (Å²) < 4.78 is 14.5. The van der Waals surface area contributed by atoms with Crippen molar-refractivity contribution in [2.45, 2.75) is 13.8 Å². The molecule has 13 aromatic carbocycles. The maximum atomic E-state index is 7.25. The predicted octanol–water partition coefficient (Wildman–Crippen LogP) is 19.4. The van der Waals surface area contributed by atoms with E-state index in [1.807, 2.05) is 0 Å². The Morgan fingerprint density at radius 2 is 0.651 bits per heavy atom. The molecule has 2 aliphatic heterocycles. The van der Waals surface area contributed by atoms with Gasteiger partial charge in [-0.1, -0.05) is 127 Å². The van der Waals surface area contributed by atoms with Gasteiger partial charge in [0, 0.05) is 101 Å². The third kappa shape index (κ3) is 7.24. The van der Waals surface area contributed by atoms with Crippen molar-refractivity contribution in [2.24, 2.45) is 0 Å². The van der Waals surface area contributed by atoms with E-state index in [9.17, 15) is 0 Å². The van der Waals surface area contributed by atoms with E-state index < -0.39 is 0 Å². The van der Waals surface area contributed by atoms with E-state index in [0.717, 1.165) is 134 Å². The van der Waals surface area contributed by atoms with Crippen LogP contribution in [0.2, 0.25) is 0 Å². The van der Waals surface area contributed by atoms with Crippen molar-refractivity contribution >= 4 is 157 Å². The quantitative estimate of drug-likeness (QED) is 0.141. The largest absolute Gasteiger partial charge is 0.455 e. The first kappa shape index (κ1) is 47.1. The third-order valence-corrected chi connectivity index (χ3v) is 17.4. The zero-order valence-corrected chi connectivity index (χ0v) is 45.7. The number of rotatable bonds is 8. The molecule has 0 saturated carbocycles. The normalized spacial score (nSPS) is 12.6. The maximum absolute atomic E-state index is 7.25. The smallest absolute Gasteiger partial charge is 0.252 e. The Morgan fingerprint density at radius 3 is 1.05 bits per heavy atom. The van der Waals surface area contributed by atoms with Gasteiger partial charge in [0.15, 0.2) is 0 Å². The molecule has 0 fully saturated rings. The average Bonchev–Trinajstić information content (AvgIpc) is 3.80. The molecular formula is C76H51BN4O2. The van der Waals surface area contributed by atoms with Gasteiger partial charge in [0.05, 0.1) is 0 Å². The van der Waals surface area contributed by atoms with E-state index in [2.05, 4.69) is 306 Å². The minimum atomic E-state index is -0.176. The fraction of sp³-hybridized carbons (Fsp3) is 0.0263. The Balaban J connectivity index is 0.880. The van der Waals surface area contributed by atoms with Gasteiger partial charge < -0.3 is 28.4 Å². The van der Waals surface area contributed by atoms with Gasteiger partial charge in [-0.25, -0.2) is 0 Å². The molecule has 2 aliphatic rings. The number of hydrogen-bond acceptors (Lipinski definition) is 6. The number of aryl methyl sites for hydroxylation is 2. The number of benzene rings is 13. The van der Waals surface area contributed by atoms with Crippen LogP contribution in [0.1, 0.15) is 11.1 Å². The van der Waals surface area contributed by atoms with Gasteiger partial charge in [-0.15, -0.1) is 0 Å². The Bertz CT molecular complexity index is 4700. The number of fused-ring (bicyclic) bond motifs is 14. The summed E-state index contributed by atoms with van der Waals surface area (Å²) in [5.41, 5.74) is 22.8. The summed E-state index contributed by atoms with van der Waals surface area (Å²) in [7, 11) is 0. The second kappa shape index (κ2) is 18.4. The topological polar surface area (TPSA) is 39.2 Å². The molecule has 0 unspecified atom stereocenters. The van der Waals surface area contributed by atoms with Gasteiger partial charge >= 0.3 is 0 Å². The van der Waals surface area contributed by atoms with Crippen molar-refractivity contribution in [3.63, 3.8) is 0 Å². The highest BCUT2D eigenvalue weighted by molar-refractivity contribution is 7.00. The summed E-state index contributed by atoms with van der Waals surface area (Å²) in [6.45, 7) is 4.27.